The van der Waals surface area contributed by atoms with E-state index in [0.29, 0.717) is 0 Å². The van der Waals surface area contributed by atoms with Gasteiger partial charge in [-0.05, 0) is 42.9 Å². The van der Waals surface area contributed by atoms with Crippen LogP contribution >= 0.6 is 11.3 Å². The zero-order valence-corrected chi connectivity index (χ0v) is 21.3. The number of hydrogen-bond donors (Lipinski definition) is 0. The third-order valence-electron chi connectivity index (χ3n) is 4.68. The molecule has 0 N–H and O–H groups in total. The smallest absolute Gasteiger partial charge is 0.0329 e. The summed E-state index contributed by atoms with van der Waals surface area (Å²) in [6.45, 7) is 1.83. The van der Waals surface area contributed by atoms with Gasteiger partial charge in [0.25, 0.3) is 0 Å². The van der Waals surface area contributed by atoms with Crippen molar-refractivity contribution < 1.29 is 22.8 Å². The Kier molecular flexibility index (Phi) is 8.60. The summed E-state index contributed by atoms with van der Waals surface area (Å²) in [7, 11) is 0. The molecule has 167 valence electrons. The summed E-state index contributed by atoms with van der Waals surface area (Å²) in [5, 5.41) is 2.70. The van der Waals surface area contributed by atoms with Gasteiger partial charge >= 0.3 is 0 Å². The second-order valence-electron chi connectivity index (χ2n) is 7.04. The van der Waals surface area contributed by atoms with Gasteiger partial charge in [0, 0.05) is 46.2 Å². The Labute approximate surface area is 215 Å². The van der Waals surface area contributed by atoms with Crippen molar-refractivity contribution in [2.75, 3.05) is 0 Å². The summed E-state index contributed by atoms with van der Waals surface area (Å²) < 4.78 is 17.2. The average Bonchev–Trinajstić information content (AvgIpc) is 3.28. The zero-order chi connectivity index (χ0) is 23.8. The minimum absolute atomic E-state index is 0. The number of rotatable bonds is 1. The molecule has 0 saturated carbocycles. The van der Waals surface area contributed by atoms with Crippen molar-refractivity contribution in [3.05, 3.63) is 115 Å². The van der Waals surface area contributed by atoms with Crippen molar-refractivity contribution in [1.29, 1.82) is 0 Å². The summed E-state index contributed by atoms with van der Waals surface area (Å²) in [6.07, 6.45) is 4.06. The fraction of sp³-hybridized carbons (Fsp3) is 0.103. The van der Waals surface area contributed by atoms with Gasteiger partial charge in [-0.2, -0.15) is 24.3 Å². The van der Waals surface area contributed by atoms with E-state index in [2.05, 4.69) is 58.5 Å². The average molecular weight is 627 g/mol. The Morgan fingerprint density at radius 1 is 0.909 bits per heavy atom. The minimum atomic E-state index is -0.463. The van der Waals surface area contributed by atoms with Crippen LogP contribution in [0.25, 0.3) is 31.4 Å². The zero-order valence-electron chi connectivity index (χ0n) is 20.1. The van der Waals surface area contributed by atoms with Gasteiger partial charge in [0.2, 0.25) is 0 Å². The van der Waals surface area contributed by atoms with Crippen molar-refractivity contribution in [3.63, 3.8) is 0 Å². The standard InChI is InChI=1S/C12H7S.C11H8N.C6H9N.Ir/c1-3-7-11-9(5-1)10-6-2-4-8-12(10)13-11;1-2-6-10(7-3-1)11-8-4-5-9-12-11;1-6-3-2-4-7-5-6;/h1-3,5-8H;1-6,8-9H;4-5H,2-3H2,1H3;/q2*-1;;/i;;2D,3D;. The fourth-order valence-corrected chi connectivity index (χ4v) is 4.23. The van der Waals surface area contributed by atoms with Crippen LogP contribution in [0.4, 0.5) is 0 Å². The third kappa shape index (κ3) is 7.03. The molecule has 33 heavy (non-hydrogen) atoms. The number of aromatic nitrogens is 1. The second-order valence-corrected chi connectivity index (χ2v) is 8.13. The summed E-state index contributed by atoms with van der Waals surface area (Å²) in [6, 6.07) is 34.6. The van der Waals surface area contributed by atoms with Crippen LogP contribution in [-0.4, -0.2) is 11.2 Å². The summed E-state index contributed by atoms with van der Waals surface area (Å²) in [5.74, 6) is 0. The largest absolute Gasteiger partial charge is 0.305 e. The van der Waals surface area contributed by atoms with Gasteiger partial charge in [0.1, 0.15) is 0 Å². The summed E-state index contributed by atoms with van der Waals surface area (Å²) in [5.41, 5.74) is 2.88. The van der Waals surface area contributed by atoms with Gasteiger partial charge in [-0.25, -0.2) is 11.3 Å². The molecule has 0 bridgehead atoms. The predicted molar refractivity (Wildman–Crippen MR) is 138 cm³/mol. The Bertz CT molecular complexity index is 1310. The Morgan fingerprint density at radius 3 is 2.48 bits per heavy atom. The molecule has 0 saturated heterocycles. The minimum Gasteiger partial charge on any atom is -0.305 e. The molecule has 0 fully saturated rings. The first-order valence-electron chi connectivity index (χ1n) is 11.5. The number of fused-ring (bicyclic) bond motifs is 3. The molecule has 5 aromatic rings. The monoisotopic (exact) mass is 627 g/mol. The van der Waals surface area contributed by atoms with Crippen molar-refractivity contribution in [3.8, 4) is 11.3 Å². The molecule has 2 unspecified atom stereocenters. The molecule has 3 heterocycles. The quantitative estimate of drug-likeness (QED) is 0.173. The van der Waals surface area contributed by atoms with Gasteiger partial charge in [0.15, 0.2) is 0 Å². The first kappa shape index (κ1) is 21.9. The van der Waals surface area contributed by atoms with Crippen LogP contribution < -0.4 is 0 Å². The third-order valence-corrected chi connectivity index (χ3v) is 5.82. The van der Waals surface area contributed by atoms with Gasteiger partial charge in [0.05, 0.1) is 0 Å². The van der Waals surface area contributed by atoms with Gasteiger partial charge in [-0.15, -0.1) is 41.3 Å². The maximum atomic E-state index is 7.34. The fourth-order valence-electron chi connectivity index (χ4n) is 3.14. The van der Waals surface area contributed by atoms with Crippen LogP contribution in [0.2, 0.25) is 0 Å². The van der Waals surface area contributed by atoms with Crippen LogP contribution in [0.15, 0.2) is 108 Å². The maximum absolute atomic E-state index is 7.34. The first-order valence-corrected chi connectivity index (χ1v) is 11.1. The Balaban J connectivity index is 0.000000147. The normalized spacial score (nSPS) is 17.3. The second kappa shape index (κ2) is 13.0. The van der Waals surface area contributed by atoms with Gasteiger partial charge < -0.3 is 4.98 Å². The van der Waals surface area contributed by atoms with Gasteiger partial charge in [-0.1, -0.05) is 40.6 Å². The number of hydrogen-bond acceptors (Lipinski definition) is 3. The number of benzene rings is 3. The Hall–Kier alpha value is -2.91. The molecule has 0 aliphatic carbocycles. The number of aliphatic imine (C=N–C) groups is 1. The van der Waals surface area contributed by atoms with Crippen LogP contribution in [0.5, 0.6) is 0 Å². The SMILES string of the molecule is [2H]C1C=NC=C(C)C1[2H].[Ir].[c-]1ccc2c(c1)sc1ccccc12.[c-]1ccccc1-c1ccccn1. The van der Waals surface area contributed by atoms with E-state index >= 15 is 0 Å². The molecule has 1 radical (unpaired) electrons. The van der Waals surface area contributed by atoms with Gasteiger partial charge in [-0.3, -0.25) is 4.99 Å². The van der Waals surface area contributed by atoms with E-state index in [1.807, 2.05) is 66.8 Å². The van der Waals surface area contributed by atoms with Crippen LogP contribution in [0.1, 0.15) is 22.5 Å². The number of thiophene rings is 1. The molecule has 0 amide bonds. The molecule has 1 aliphatic rings. The van der Waals surface area contributed by atoms with E-state index < -0.39 is 12.8 Å². The van der Waals surface area contributed by atoms with Crippen molar-refractivity contribution in [2.24, 2.45) is 4.99 Å². The molecular weight excluding hydrogens is 601 g/mol. The number of nitrogens with zero attached hydrogens (tertiary/aromatic N) is 2. The van der Waals surface area contributed by atoms with E-state index in [1.165, 1.54) is 26.4 Å². The molecule has 6 rings (SSSR count). The van der Waals surface area contributed by atoms with Crippen molar-refractivity contribution in [1.82, 2.24) is 4.98 Å². The molecular formula is C29H24IrN2S-2. The molecule has 3 aromatic carbocycles. The maximum Gasteiger partial charge on any atom is 0.0329 e. The number of pyridine rings is 1. The predicted octanol–water partition coefficient (Wildman–Crippen LogP) is 8.16. The van der Waals surface area contributed by atoms with E-state index in [9.17, 15) is 0 Å². The topological polar surface area (TPSA) is 25.2 Å². The molecule has 0 spiro atoms. The van der Waals surface area contributed by atoms with E-state index in [4.69, 9.17) is 2.74 Å². The first-order chi connectivity index (χ1) is 16.6. The summed E-state index contributed by atoms with van der Waals surface area (Å²) >= 11 is 1.83. The Morgan fingerprint density at radius 2 is 1.73 bits per heavy atom. The molecule has 2 nitrogen and oxygen atoms in total. The van der Waals surface area contributed by atoms with Crippen LogP contribution in [-0.2, 0) is 20.1 Å². The molecule has 4 heteroatoms. The van der Waals surface area contributed by atoms with Crippen LogP contribution in [0.3, 0.4) is 0 Å². The van der Waals surface area contributed by atoms with E-state index in [0.717, 1.165) is 16.8 Å². The van der Waals surface area contributed by atoms with Crippen molar-refractivity contribution in [2.45, 2.75) is 19.7 Å². The molecule has 2 aromatic heterocycles. The van der Waals surface area contributed by atoms with E-state index in [1.54, 1.807) is 12.4 Å². The summed E-state index contributed by atoms with van der Waals surface area (Å²) in [4.78, 5) is 8.01. The van der Waals surface area contributed by atoms with E-state index in [-0.39, 0.29) is 20.1 Å². The molecule has 1 aliphatic heterocycles. The van der Waals surface area contributed by atoms with Crippen LogP contribution in [0, 0.1) is 12.1 Å². The molecule has 2 atom stereocenters. The van der Waals surface area contributed by atoms with Crippen molar-refractivity contribution >= 4 is 37.7 Å². The number of allylic oxidation sites excluding steroid dienone is 1.